The number of nitrogens with zero attached hydrogens (tertiary/aromatic N) is 1. The number of hydrogen-bond acceptors (Lipinski definition) is 2. The molecule has 0 aliphatic rings. The van der Waals surface area contributed by atoms with Crippen molar-refractivity contribution < 1.29 is 0 Å². The molecule has 0 radical (unpaired) electrons. The Bertz CT molecular complexity index is 73.3. The van der Waals surface area contributed by atoms with Gasteiger partial charge in [-0.3, -0.25) is 0 Å². The van der Waals surface area contributed by atoms with Gasteiger partial charge >= 0.3 is 0 Å². The van der Waals surface area contributed by atoms with Crippen molar-refractivity contribution in [1.29, 1.82) is 0 Å². The monoisotopic (exact) mass is 133 g/mol. The van der Waals surface area contributed by atoms with Crippen LogP contribution in [0.3, 0.4) is 0 Å². The highest BCUT2D eigenvalue weighted by molar-refractivity contribution is 8.37. The summed E-state index contributed by atoms with van der Waals surface area (Å²) in [7, 11) is 5.86. The van der Waals surface area contributed by atoms with E-state index in [9.17, 15) is 0 Å². The quantitative estimate of drug-likeness (QED) is 0.341. The van der Waals surface area contributed by atoms with Gasteiger partial charge in [0.2, 0.25) is 0 Å². The van der Waals surface area contributed by atoms with Gasteiger partial charge in [-0.05, 0) is 0 Å². The molecule has 0 aromatic rings. The third-order valence-corrected chi connectivity index (χ3v) is 2.12. The Labute approximate surface area is 54.8 Å². The molecule has 0 rings (SSSR count). The van der Waals surface area contributed by atoms with Crippen LogP contribution in [-0.4, -0.2) is 30.4 Å². The fourth-order valence-corrected chi connectivity index (χ4v) is 0.548. The van der Waals surface area contributed by atoms with Gasteiger partial charge < -0.3 is 4.90 Å². The highest BCUT2D eigenvalue weighted by Gasteiger charge is 1.90. The lowest BCUT2D eigenvalue weighted by Crippen LogP contribution is -2.15. The summed E-state index contributed by atoms with van der Waals surface area (Å²) in [6.45, 7) is 0. The summed E-state index contributed by atoms with van der Waals surface area (Å²) in [5.74, 6) is 0. The van der Waals surface area contributed by atoms with Gasteiger partial charge in [0, 0.05) is 14.1 Å². The van der Waals surface area contributed by atoms with Crippen molar-refractivity contribution in [2.75, 3.05) is 14.1 Å². The first-order valence-electron chi connectivity index (χ1n) is 1.93. The Morgan fingerprint density at radius 2 is 2.14 bits per heavy atom. The van der Waals surface area contributed by atoms with E-state index in [2.05, 4.69) is 0 Å². The van der Waals surface area contributed by atoms with E-state index < -0.39 is 0 Å². The van der Waals surface area contributed by atoms with E-state index in [-0.39, 0.29) is 0 Å². The highest BCUT2D eigenvalue weighted by atomic mass is 32.2. The zero-order valence-corrected chi connectivity index (χ0v) is 6.40. The molecular weight excluding hydrogens is 125 g/mol. The van der Waals surface area contributed by atoms with Crippen molar-refractivity contribution in [3.8, 4) is 0 Å². The summed E-state index contributed by atoms with van der Waals surface area (Å²) in [5, 5.41) is 0. The molecule has 4 heteroatoms. The minimum absolute atomic E-state index is 0.931. The second-order valence-corrected chi connectivity index (χ2v) is 2.80. The van der Waals surface area contributed by atoms with Gasteiger partial charge in [-0.2, -0.15) is 11.6 Å². The summed E-state index contributed by atoms with van der Waals surface area (Å²) < 4.78 is 0.931. The zero-order valence-electron chi connectivity index (χ0n) is 4.76. The molecule has 0 spiro atoms. The van der Waals surface area contributed by atoms with Gasteiger partial charge in [-0.15, -0.1) is 0 Å². The molecule has 0 saturated carbocycles. The largest absolute Gasteiger partial charge is 0.364 e. The fraction of sp³-hybridized carbons (Fsp3) is 0.667. The molecule has 0 aromatic carbocycles. The van der Waals surface area contributed by atoms with Crippen LogP contribution >= 0.6 is 23.8 Å². The maximum Gasteiger partial charge on any atom is 0.183 e. The summed E-state index contributed by atoms with van der Waals surface area (Å²) in [6.07, 6.45) is 0. The van der Waals surface area contributed by atoms with E-state index in [0.29, 0.717) is 0 Å². The Kier molecular flexibility index (Phi) is 3.47. The van der Waals surface area contributed by atoms with Crippen LogP contribution in [-0.2, 0) is 0 Å². The number of hydrogen-bond donors (Lipinski definition) is 0. The van der Waals surface area contributed by atoms with Crippen molar-refractivity contribution in [3.63, 3.8) is 0 Å². The predicted molar refractivity (Wildman–Crippen MR) is 42.4 cm³/mol. The van der Waals surface area contributed by atoms with Crippen LogP contribution < -0.4 is 0 Å². The minimum atomic E-state index is 0.931. The first-order valence-corrected chi connectivity index (χ1v) is 3.57. The average molecular weight is 133 g/mol. The molecule has 0 aliphatic carbocycles. The van der Waals surface area contributed by atoms with E-state index in [4.69, 9.17) is 12.2 Å². The standard InChI is InChI=1S/C3H8BNS2/c1-5(2)3(6)7-4/h4H2,1-2H3. The average Bonchev–Trinajstić information content (AvgIpc) is 1.65. The molecule has 0 aromatic heterocycles. The fourth-order valence-electron chi connectivity index (χ4n) is 0.183. The predicted octanol–water partition coefficient (Wildman–Crippen LogP) is 0.114. The summed E-state index contributed by atoms with van der Waals surface area (Å²) >= 11 is 6.46. The maximum atomic E-state index is 4.87. The molecule has 0 bridgehead atoms. The van der Waals surface area contributed by atoms with Crippen LogP contribution in [0, 0.1) is 0 Å². The molecule has 0 fully saturated rings. The van der Waals surface area contributed by atoms with Crippen molar-refractivity contribution in [1.82, 2.24) is 4.90 Å². The Morgan fingerprint density at radius 1 is 1.71 bits per heavy atom. The van der Waals surface area contributed by atoms with Crippen LogP contribution in [0.15, 0.2) is 0 Å². The molecule has 0 heterocycles. The summed E-state index contributed by atoms with van der Waals surface area (Å²) in [5.41, 5.74) is 0. The molecular formula is C3H8BNS2. The first kappa shape index (κ1) is 7.30. The van der Waals surface area contributed by atoms with E-state index in [1.807, 2.05) is 26.1 Å². The lowest BCUT2D eigenvalue weighted by atomic mass is 10.8. The lowest BCUT2D eigenvalue weighted by Gasteiger charge is -2.09. The number of thiocarbonyl (C=S) groups is 1. The third-order valence-electron chi connectivity index (χ3n) is 0.540. The van der Waals surface area contributed by atoms with Crippen molar-refractivity contribution in [3.05, 3.63) is 0 Å². The van der Waals surface area contributed by atoms with Gasteiger partial charge in [-0.25, -0.2) is 0 Å². The second-order valence-electron chi connectivity index (χ2n) is 1.36. The maximum absolute atomic E-state index is 4.87. The van der Waals surface area contributed by atoms with Gasteiger partial charge in [0.1, 0.15) is 4.32 Å². The van der Waals surface area contributed by atoms with Crippen LogP contribution in [0.25, 0.3) is 0 Å². The summed E-state index contributed by atoms with van der Waals surface area (Å²) in [6, 6.07) is 0. The van der Waals surface area contributed by atoms with Crippen LogP contribution in [0.1, 0.15) is 0 Å². The molecule has 0 atom stereocenters. The summed E-state index contributed by atoms with van der Waals surface area (Å²) in [4.78, 5) is 1.92. The zero-order chi connectivity index (χ0) is 5.86. The van der Waals surface area contributed by atoms with Crippen molar-refractivity contribution in [2.24, 2.45) is 0 Å². The smallest absolute Gasteiger partial charge is 0.183 e. The molecule has 0 N–H and O–H groups in total. The Balaban J connectivity index is 3.35. The van der Waals surface area contributed by atoms with Gasteiger partial charge in [-0.1, -0.05) is 12.2 Å². The Hall–Kier alpha value is 0.305. The molecule has 0 amide bonds. The van der Waals surface area contributed by atoms with Gasteiger partial charge in [0.25, 0.3) is 0 Å². The minimum Gasteiger partial charge on any atom is -0.364 e. The number of rotatable bonds is 0. The highest BCUT2D eigenvalue weighted by Crippen LogP contribution is 1.97. The first-order chi connectivity index (χ1) is 3.18. The third kappa shape index (κ3) is 2.94. The van der Waals surface area contributed by atoms with Crippen LogP contribution in [0.2, 0.25) is 0 Å². The Morgan fingerprint density at radius 3 is 2.14 bits per heavy atom. The van der Waals surface area contributed by atoms with E-state index >= 15 is 0 Å². The van der Waals surface area contributed by atoms with Gasteiger partial charge in [0.05, 0.1) is 0 Å². The normalized spacial score (nSPS) is 8.29. The molecule has 40 valence electrons. The van der Waals surface area contributed by atoms with E-state index in [0.717, 1.165) is 4.32 Å². The second kappa shape index (κ2) is 3.33. The van der Waals surface area contributed by atoms with E-state index in [1.54, 1.807) is 11.6 Å². The van der Waals surface area contributed by atoms with Crippen LogP contribution in [0.4, 0.5) is 0 Å². The molecule has 0 unspecified atom stereocenters. The van der Waals surface area contributed by atoms with Crippen molar-refractivity contribution >= 4 is 35.3 Å². The van der Waals surface area contributed by atoms with Gasteiger partial charge in [0.15, 0.2) is 7.12 Å². The molecule has 1 nitrogen and oxygen atoms in total. The molecule has 0 saturated heterocycles. The lowest BCUT2D eigenvalue weighted by molar-refractivity contribution is 0.648. The molecule has 7 heavy (non-hydrogen) atoms. The van der Waals surface area contributed by atoms with E-state index in [1.165, 1.54) is 0 Å². The SMILES string of the molecule is BSC(=S)N(C)C. The molecule has 0 aliphatic heterocycles. The van der Waals surface area contributed by atoms with Crippen LogP contribution in [0.5, 0.6) is 0 Å². The van der Waals surface area contributed by atoms with Crippen molar-refractivity contribution in [2.45, 2.75) is 0 Å². The topological polar surface area (TPSA) is 3.24 Å².